The molecule has 0 aromatic carbocycles. The molecule has 44 valence electrons. The van der Waals surface area contributed by atoms with Gasteiger partial charge in [-0.25, -0.2) is 0 Å². The second-order valence-corrected chi connectivity index (χ2v) is 0. The molecule has 0 saturated heterocycles. The topological polar surface area (TPSA) is 0 Å². The summed E-state index contributed by atoms with van der Waals surface area (Å²) in [6.45, 7) is 10.0. The van der Waals surface area contributed by atoms with Gasteiger partial charge in [-0.05, 0) is 0 Å². The van der Waals surface area contributed by atoms with Gasteiger partial charge in [0.2, 0.25) is 0 Å². The molecule has 0 spiro atoms. The van der Waals surface area contributed by atoms with Gasteiger partial charge in [0.25, 0.3) is 0 Å². The Morgan fingerprint density at radius 2 is 0.625 bits per heavy atom. The second-order valence-electron chi connectivity index (χ2n) is 0. The van der Waals surface area contributed by atoms with E-state index in [4.69, 9.17) is 0 Å². The van der Waals surface area contributed by atoms with Crippen LogP contribution in [0, 0.1) is 28.7 Å². The molecule has 0 nitrogen and oxygen atoms in total. The van der Waals surface area contributed by atoms with Crippen molar-refractivity contribution in [2.24, 2.45) is 0 Å². The number of hydrogen-bond donors (Lipinski definition) is 0. The third-order valence-corrected chi connectivity index (χ3v) is 0. The molecule has 0 bridgehead atoms. The molecule has 0 amide bonds. The molecule has 0 aromatic rings. The molecule has 0 fully saturated rings. The van der Waals surface area contributed by atoms with E-state index in [0.717, 1.165) is 0 Å². The Hall–Kier alpha value is 1.25. The van der Waals surface area contributed by atoms with Crippen LogP contribution in [0.5, 0.6) is 0 Å². The Bertz CT molecular complexity index is 6.49. The molecule has 0 unspecified atom stereocenters. The summed E-state index contributed by atoms with van der Waals surface area (Å²) in [7, 11) is 0. The molecule has 0 aliphatic heterocycles. The maximum atomic E-state index is 3.25. The van der Waals surface area contributed by atoms with E-state index in [1.54, 1.807) is 13.8 Å². The molecule has 0 atom stereocenters. The van der Waals surface area contributed by atoms with Gasteiger partial charge in [-0.15, -0.1) is 0 Å². The fourth-order valence-electron chi connectivity index (χ4n) is 0. The van der Waals surface area contributed by atoms with Gasteiger partial charge in [0.05, 0.1) is 0 Å². The van der Waals surface area contributed by atoms with Crippen molar-refractivity contribution in [3.63, 3.8) is 0 Å². The van der Waals surface area contributed by atoms with Crippen molar-refractivity contribution in [1.29, 1.82) is 0 Å². The first-order chi connectivity index (χ1) is 2.00. The van der Waals surface area contributed by atoms with Gasteiger partial charge in [0.1, 0.15) is 0 Å². The van der Waals surface area contributed by atoms with Crippen LogP contribution >= 0.6 is 0 Å². The average molecular weight is 219 g/mol. The van der Waals surface area contributed by atoms with Gasteiger partial charge in [-0.1, -0.05) is 0 Å². The Morgan fingerprint density at radius 1 is 0.625 bits per heavy atom. The first kappa shape index (κ1) is 59.7. The van der Waals surface area contributed by atoms with Crippen molar-refractivity contribution >= 4 is 0 Å². The molecule has 2 heteroatoms. The fraction of sp³-hybridized carbons (Fsp3) is 0.333. The Labute approximate surface area is 81.3 Å². The van der Waals surface area contributed by atoms with E-state index in [0.29, 0.717) is 0 Å². The van der Waals surface area contributed by atoms with Crippen LogP contribution < -0.4 is 0 Å². The molecule has 0 saturated carbocycles. The van der Waals surface area contributed by atoms with Crippen LogP contribution in [0.25, 0.3) is 0 Å². The van der Waals surface area contributed by atoms with E-state index < -0.39 is 0 Å². The van der Waals surface area contributed by atoms with Gasteiger partial charge >= 0.3 is 39.0 Å². The quantitative estimate of drug-likeness (QED) is 0.433. The summed E-state index contributed by atoms with van der Waals surface area (Å²) >= 11 is 0. The van der Waals surface area contributed by atoms with E-state index >= 15 is 0 Å². The van der Waals surface area contributed by atoms with Crippen LogP contribution in [-0.4, -0.2) is 0 Å². The molecule has 0 aliphatic rings. The fourth-order valence-corrected chi connectivity index (χ4v) is 0. The SMILES string of the molecule is [CH2-]C.[CH2-]C.[CH3-].[CH3-].[Zn+2].[Zn+2]. The molecule has 0 N–H and O–H groups in total. The summed E-state index contributed by atoms with van der Waals surface area (Å²) < 4.78 is 0. The molecular weight excluding hydrogens is 203 g/mol. The molecule has 0 heterocycles. The van der Waals surface area contributed by atoms with E-state index in [9.17, 15) is 0 Å². The molecule has 0 aromatic heterocycles. The van der Waals surface area contributed by atoms with Crippen LogP contribution in [0.1, 0.15) is 13.8 Å². The number of hydrogen-bond acceptors (Lipinski definition) is 0. The Balaban J connectivity index is -0.00000000167. The maximum Gasteiger partial charge on any atom is 2.00 e. The molecule has 0 radical (unpaired) electrons. The second kappa shape index (κ2) is 279. The monoisotopic (exact) mass is 216 g/mol. The van der Waals surface area contributed by atoms with Crippen LogP contribution in [0.2, 0.25) is 0 Å². The van der Waals surface area contributed by atoms with Crippen molar-refractivity contribution in [2.45, 2.75) is 13.8 Å². The smallest absolute Gasteiger partial charge is 0.358 e. The molecule has 0 rings (SSSR count). The zero-order chi connectivity index (χ0) is 4.00. The minimum Gasteiger partial charge on any atom is -0.358 e. The van der Waals surface area contributed by atoms with Crippen molar-refractivity contribution in [3.8, 4) is 0 Å². The van der Waals surface area contributed by atoms with Gasteiger partial charge in [0, 0.05) is 0 Å². The minimum atomic E-state index is 0. The number of rotatable bonds is 0. The Kier molecular flexibility index (Phi) is 2080. The van der Waals surface area contributed by atoms with Gasteiger partial charge in [-0.3, -0.25) is 0 Å². The first-order valence-corrected chi connectivity index (χ1v) is 1.41. The zero-order valence-corrected chi connectivity index (χ0v) is 12.8. The van der Waals surface area contributed by atoms with Crippen LogP contribution in [0.15, 0.2) is 0 Å². The standard InChI is InChI=1S/2C2H5.2CH3.2Zn/c2*1-2;;;;/h2*1H2,2H3;2*1H3;;/q4*-1;2*+2. The summed E-state index contributed by atoms with van der Waals surface area (Å²) in [5, 5.41) is 0. The first-order valence-electron chi connectivity index (χ1n) is 1.41. The largest absolute Gasteiger partial charge is 2.00 e. The normalized spacial score (nSPS) is 1.50. The van der Waals surface area contributed by atoms with Gasteiger partial charge in [-0.2, -0.15) is 13.8 Å². The third kappa shape index (κ3) is 182. The van der Waals surface area contributed by atoms with E-state index in [2.05, 4.69) is 13.8 Å². The average Bonchev–Trinajstić information content (AvgIpc) is 1.50. The summed E-state index contributed by atoms with van der Waals surface area (Å²) in [5.41, 5.74) is 0. The summed E-state index contributed by atoms with van der Waals surface area (Å²) in [6.07, 6.45) is 0. The Morgan fingerprint density at radius 3 is 0.625 bits per heavy atom. The van der Waals surface area contributed by atoms with E-state index in [-0.39, 0.29) is 53.8 Å². The predicted molar refractivity (Wildman–Crippen MR) is 34.9 cm³/mol. The third-order valence-electron chi connectivity index (χ3n) is 0. The van der Waals surface area contributed by atoms with Crippen LogP contribution in [0.4, 0.5) is 0 Å². The minimum absolute atomic E-state index is 0. The van der Waals surface area contributed by atoms with Crippen molar-refractivity contribution < 1.29 is 39.0 Å². The summed E-state index contributed by atoms with van der Waals surface area (Å²) in [4.78, 5) is 0. The van der Waals surface area contributed by atoms with Crippen LogP contribution in [-0.2, 0) is 39.0 Å². The predicted octanol–water partition coefficient (Wildman–Crippen LogP) is 2.58. The van der Waals surface area contributed by atoms with E-state index in [1.165, 1.54) is 0 Å². The van der Waals surface area contributed by atoms with Crippen molar-refractivity contribution in [2.75, 3.05) is 0 Å². The van der Waals surface area contributed by atoms with Crippen molar-refractivity contribution in [1.82, 2.24) is 0 Å². The van der Waals surface area contributed by atoms with Crippen LogP contribution in [0.3, 0.4) is 0 Å². The summed E-state index contributed by atoms with van der Waals surface area (Å²) in [5.74, 6) is 0. The molecule has 0 aliphatic carbocycles. The van der Waals surface area contributed by atoms with Gasteiger partial charge < -0.3 is 28.7 Å². The summed E-state index contributed by atoms with van der Waals surface area (Å²) in [6, 6.07) is 0. The van der Waals surface area contributed by atoms with Crippen molar-refractivity contribution in [3.05, 3.63) is 28.7 Å². The van der Waals surface area contributed by atoms with Gasteiger partial charge in [0.15, 0.2) is 0 Å². The molecule has 8 heavy (non-hydrogen) atoms. The maximum absolute atomic E-state index is 3.25. The zero-order valence-electron chi connectivity index (χ0n) is 6.83. The molecular formula is C6H16Zn2. The van der Waals surface area contributed by atoms with E-state index in [1.807, 2.05) is 0 Å².